The Kier molecular flexibility index (Phi) is 29.1. The summed E-state index contributed by atoms with van der Waals surface area (Å²) in [6.45, 7) is 9.44. The first-order valence-electron chi connectivity index (χ1n) is 13.2. The summed E-state index contributed by atoms with van der Waals surface area (Å²) in [7, 11) is 0. The van der Waals surface area contributed by atoms with Crippen LogP contribution in [0.25, 0.3) is 0 Å². The third-order valence-corrected chi connectivity index (χ3v) is 8.60. The van der Waals surface area contributed by atoms with Gasteiger partial charge in [0.1, 0.15) is 13.4 Å². The fourth-order valence-corrected chi connectivity index (χ4v) is 7.16. The van der Waals surface area contributed by atoms with E-state index in [1.54, 1.807) is 0 Å². The average molecular weight is 628 g/mol. The summed E-state index contributed by atoms with van der Waals surface area (Å²) in [5.41, 5.74) is 0. The van der Waals surface area contributed by atoms with E-state index in [1.165, 1.54) is 0 Å². The van der Waals surface area contributed by atoms with E-state index in [1.807, 2.05) is 27.7 Å². The Balaban J connectivity index is -0.000000569. The van der Waals surface area contributed by atoms with Crippen LogP contribution in [0, 0.1) is 0 Å². The Bertz CT molecular complexity index is 486. The molecule has 0 aromatic carbocycles. The number of hydrogen-bond donors (Lipinski definition) is 0. The second-order valence-corrected chi connectivity index (χ2v) is 14.4. The molecule has 208 valence electrons. The SMILES string of the molecule is CCCCC(C)OP([O-])(=S)OC(C)CCCC.CCCCC(C)OP([O-])(=S)OC(C)CCCC.[Zn+2]. The van der Waals surface area contributed by atoms with Crippen molar-refractivity contribution in [3.63, 3.8) is 0 Å². The van der Waals surface area contributed by atoms with Crippen molar-refractivity contribution >= 4 is 37.1 Å². The van der Waals surface area contributed by atoms with Crippen molar-refractivity contribution in [1.82, 2.24) is 0 Å². The van der Waals surface area contributed by atoms with Crippen LogP contribution in [0.15, 0.2) is 0 Å². The summed E-state index contributed by atoms with van der Waals surface area (Å²) in [5, 5.41) is 0. The van der Waals surface area contributed by atoms with Crippen molar-refractivity contribution in [2.75, 3.05) is 0 Å². The topological polar surface area (TPSA) is 83.0 Å². The largest absolute Gasteiger partial charge is 2.00 e. The molecule has 0 aliphatic rings. The third kappa shape index (κ3) is 28.5. The Morgan fingerprint density at radius 3 is 0.829 bits per heavy atom. The first-order chi connectivity index (χ1) is 15.8. The van der Waals surface area contributed by atoms with E-state index in [4.69, 9.17) is 41.7 Å². The molecule has 0 aromatic rings. The van der Waals surface area contributed by atoms with Crippen LogP contribution in [0.1, 0.15) is 132 Å². The molecule has 4 atom stereocenters. The molecule has 0 fully saturated rings. The molecule has 6 nitrogen and oxygen atoms in total. The summed E-state index contributed by atoms with van der Waals surface area (Å²) in [5.74, 6) is 0. The van der Waals surface area contributed by atoms with Crippen molar-refractivity contribution in [3.8, 4) is 0 Å². The van der Waals surface area contributed by atoms with Gasteiger partial charge in [-0.3, -0.25) is 0 Å². The maximum absolute atomic E-state index is 11.9. The minimum atomic E-state index is -3.30. The minimum Gasteiger partial charge on any atom is -0.780 e. The third-order valence-electron chi connectivity index (χ3n) is 5.09. The molecule has 11 heteroatoms. The van der Waals surface area contributed by atoms with Crippen molar-refractivity contribution in [3.05, 3.63) is 0 Å². The molecule has 0 saturated carbocycles. The fourth-order valence-electron chi connectivity index (χ4n) is 3.11. The maximum atomic E-state index is 11.9. The van der Waals surface area contributed by atoms with Gasteiger partial charge in [0, 0.05) is 0 Å². The first-order valence-corrected chi connectivity index (χ1v) is 18.3. The molecular weight excluding hydrogens is 576 g/mol. The van der Waals surface area contributed by atoms with Crippen molar-refractivity contribution in [2.45, 2.75) is 157 Å². The molecule has 0 amide bonds. The monoisotopic (exact) mass is 626 g/mol. The molecular formula is C24H52O6P2S2Zn. The second kappa shape index (κ2) is 24.7. The summed E-state index contributed by atoms with van der Waals surface area (Å²) < 4.78 is 21.4. The van der Waals surface area contributed by atoms with E-state index >= 15 is 0 Å². The predicted molar refractivity (Wildman–Crippen MR) is 149 cm³/mol. The predicted octanol–water partition coefficient (Wildman–Crippen LogP) is 7.52. The van der Waals surface area contributed by atoms with Crippen LogP contribution >= 0.6 is 13.4 Å². The second-order valence-electron chi connectivity index (χ2n) is 9.13. The minimum absolute atomic E-state index is 0. The van der Waals surface area contributed by atoms with Gasteiger partial charge in [-0.1, -0.05) is 103 Å². The standard InChI is InChI=1S/2C12H27O3PS.Zn/c2*1-5-7-9-11(3)14-16(13,17)15-12(4)10-8-6-2;/h2*11-12H,5-10H2,1-4H3,(H,13,17);/q;;+2/p-2. The smallest absolute Gasteiger partial charge is 0.780 e. The van der Waals surface area contributed by atoms with Crippen LogP contribution < -0.4 is 9.79 Å². The Hall–Kier alpha value is 1.68. The molecule has 0 N–H and O–H groups in total. The summed E-state index contributed by atoms with van der Waals surface area (Å²) in [6.07, 6.45) is 11.8. The van der Waals surface area contributed by atoms with Gasteiger partial charge in [-0.15, -0.1) is 0 Å². The van der Waals surface area contributed by atoms with Crippen LogP contribution in [0.5, 0.6) is 0 Å². The van der Waals surface area contributed by atoms with Gasteiger partial charge in [-0.2, -0.15) is 0 Å². The zero-order valence-corrected chi connectivity index (χ0v) is 30.1. The number of hydrogen-bond acceptors (Lipinski definition) is 8. The Morgan fingerprint density at radius 2 is 0.686 bits per heavy atom. The van der Waals surface area contributed by atoms with Gasteiger partial charge in [-0.25, -0.2) is 0 Å². The zero-order valence-electron chi connectivity index (χ0n) is 23.7. The first kappa shape index (κ1) is 41.2. The Labute approximate surface area is 240 Å². The van der Waals surface area contributed by atoms with Gasteiger partial charge < -0.3 is 27.9 Å². The van der Waals surface area contributed by atoms with Gasteiger partial charge in [0.25, 0.3) is 0 Å². The van der Waals surface area contributed by atoms with E-state index in [0.717, 1.165) is 77.0 Å². The van der Waals surface area contributed by atoms with E-state index in [0.29, 0.717) is 0 Å². The normalized spacial score (nSPS) is 18.1. The van der Waals surface area contributed by atoms with Gasteiger partial charge in [0.05, 0.1) is 24.4 Å². The van der Waals surface area contributed by atoms with E-state index in [-0.39, 0.29) is 43.9 Å². The van der Waals surface area contributed by atoms with Crippen molar-refractivity contribution in [1.29, 1.82) is 0 Å². The van der Waals surface area contributed by atoms with E-state index < -0.39 is 13.4 Å². The molecule has 0 spiro atoms. The van der Waals surface area contributed by atoms with Gasteiger partial charge in [0.2, 0.25) is 0 Å². The summed E-state index contributed by atoms with van der Waals surface area (Å²) >= 11 is 9.82. The average Bonchev–Trinajstić information content (AvgIpc) is 2.72. The van der Waals surface area contributed by atoms with Crippen LogP contribution in [0.2, 0.25) is 0 Å². The molecule has 4 unspecified atom stereocenters. The molecule has 0 aliphatic carbocycles. The van der Waals surface area contributed by atoms with E-state index in [9.17, 15) is 9.79 Å². The molecule has 0 rings (SSSR count). The zero-order chi connectivity index (χ0) is 26.6. The van der Waals surface area contributed by atoms with E-state index in [2.05, 4.69) is 27.7 Å². The molecule has 0 aromatic heterocycles. The molecule has 0 saturated heterocycles. The van der Waals surface area contributed by atoms with Crippen molar-refractivity contribution < 1.29 is 47.4 Å². The summed E-state index contributed by atoms with van der Waals surface area (Å²) in [6, 6.07) is 0. The fraction of sp³-hybridized carbons (Fsp3) is 1.00. The molecule has 0 radical (unpaired) electrons. The van der Waals surface area contributed by atoms with Gasteiger partial charge >= 0.3 is 19.5 Å². The van der Waals surface area contributed by atoms with Crippen molar-refractivity contribution in [2.24, 2.45) is 0 Å². The maximum Gasteiger partial charge on any atom is 2.00 e. The Morgan fingerprint density at radius 1 is 0.514 bits per heavy atom. The van der Waals surface area contributed by atoms with Gasteiger partial charge in [-0.05, 0) is 53.4 Å². The molecule has 0 aliphatic heterocycles. The van der Waals surface area contributed by atoms with Crippen LogP contribution in [0.3, 0.4) is 0 Å². The quantitative estimate of drug-likeness (QED) is 0.101. The number of rotatable bonds is 20. The van der Waals surface area contributed by atoms with Gasteiger partial charge in [0.15, 0.2) is 0 Å². The van der Waals surface area contributed by atoms with Crippen LogP contribution in [0.4, 0.5) is 0 Å². The summed E-state index contributed by atoms with van der Waals surface area (Å²) in [4.78, 5) is 23.9. The number of unbranched alkanes of at least 4 members (excludes halogenated alkanes) is 4. The van der Waals surface area contributed by atoms with Crippen LogP contribution in [-0.2, 0) is 61.2 Å². The molecule has 0 bridgehead atoms. The van der Waals surface area contributed by atoms with Crippen LogP contribution in [-0.4, -0.2) is 24.4 Å². The molecule has 0 heterocycles. The molecule has 35 heavy (non-hydrogen) atoms.